The smallest absolute Gasteiger partial charge is 0.284 e. The maximum Gasteiger partial charge on any atom is 0.284 e. The molecule has 0 spiro atoms. The number of anilines is 4. The van der Waals surface area contributed by atoms with E-state index in [1.54, 1.807) is 10.9 Å². The predicted octanol–water partition coefficient (Wildman–Crippen LogP) is 4.61. The molecule has 62 heavy (non-hydrogen) atoms. The fourth-order valence-electron chi connectivity index (χ4n) is 10.1. The van der Waals surface area contributed by atoms with Crippen molar-refractivity contribution in [3.63, 3.8) is 0 Å². The predicted molar refractivity (Wildman–Crippen MR) is 222 cm³/mol. The zero-order valence-electron chi connectivity index (χ0n) is 34.4. The van der Waals surface area contributed by atoms with Gasteiger partial charge in [-0.3, -0.25) is 29.3 Å². The van der Waals surface area contributed by atoms with Gasteiger partial charge in [-0.1, -0.05) is 0 Å². The van der Waals surface area contributed by atoms with Crippen LogP contribution in [0, 0.1) is 11.8 Å². The number of rotatable bonds is 13. The highest BCUT2D eigenvalue weighted by Gasteiger charge is 2.40. The number of likely N-dealkylation sites (tertiary alicyclic amines) is 1. The molecule has 6 aliphatic rings. The van der Waals surface area contributed by atoms with Crippen molar-refractivity contribution in [2.75, 3.05) is 72.9 Å². The summed E-state index contributed by atoms with van der Waals surface area (Å²) in [6.07, 6.45) is 6.04. The second-order valence-corrected chi connectivity index (χ2v) is 17.8. The van der Waals surface area contributed by atoms with Crippen molar-refractivity contribution in [1.29, 1.82) is 0 Å². The van der Waals surface area contributed by atoms with Gasteiger partial charge in [0.15, 0.2) is 11.3 Å². The van der Waals surface area contributed by atoms with Crippen LogP contribution in [0.25, 0.3) is 5.65 Å². The number of hydrogen-bond donors (Lipinski definition) is 3. The van der Waals surface area contributed by atoms with Gasteiger partial charge >= 0.3 is 0 Å². The lowest BCUT2D eigenvalue weighted by atomic mass is 9.85. The molecule has 6 fully saturated rings. The fourth-order valence-corrected chi connectivity index (χ4v) is 10.1. The summed E-state index contributed by atoms with van der Waals surface area (Å²) in [5, 5.41) is 16.8. The summed E-state index contributed by atoms with van der Waals surface area (Å²) in [7, 11) is 0. The molecule has 8 heterocycles. The van der Waals surface area contributed by atoms with Crippen LogP contribution in [-0.4, -0.2) is 130 Å². The number of hydrogen-bond acceptors (Lipinski definition) is 12. The van der Waals surface area contributed by atoms with Crippen LogP contribution in [0.3, 0.4) is 0 Å². The second-order valence-electron chi connectivity index (χ2n) is 17.8. The van der Waals surface area contributed by atoms with E-state index < -0.39 is 36.3 Å². The minimum atomic E-state index is -2.88. The number of benzene rings is 1. The topological polar surface area (TPSA) is 163 Å². The molecule has 19 heteroatoms. The first-order valence-electron chi connectivity index (χ1n) is 21.9. The van der Waals surface area contributed by atoms with Crippen LogP contribution in [-0.2, 0) is 19.1 Å². The van der Waals surface area contributed by atoms with Gasteiger partial charge in [-0.05, 0) is 81.2 Å². The van der Waals surface area contributed by atoms with Crippen molar-refractivity contribution < 1.29 is 37.0 Å². The monoisotopic (exact) mass is 859 g/mol. The Hall–Kier alpha value is -5.27. The summed E-state index contributed by atoms with van der Waals surface area (Å²) < 4.78 is 58.9. The van der Waals surface area contributed by atoms with Gasteiger partial charge in [-0.2, -0.15) is 10.2 Å². The fraction of sp³-hybridized carbons (Fsp3) is 0.581. The Bertz CT molecular complexity index is 2280. The van der Waals surface area contributed by atoms with Crippen LogP contribution in [0.1, 0.15) is 79.9 Å². The molecule has 1 unspecified atom stereocenters. The number of nitrogens with zero attached hydrogens (tertiary/aromatic N) is 8. The molecule has 5 saturated heterocycles. The molecule has 1 aliphatic carbocycles. The number of ether oxygens (including phenoxy) is 2. The molecule has 5 atom stereocenters. The van der Waals surface area contributed by atoms with E-state index >= 15 is 4.39 Å². The molecule has 2 bridgehead atoms. The van der Waals surface area contributed by atoms with Crippen molar-refractivity contribution in [1.82, 2.24) is 34.6 Å². The third-order valence-corrected chi connectivity index (χ3v) is 13.6. The normalized spacial score (nSPS) is 28.2. The van der Waals surface area contributed by atoms with Crippen molar-refractivity contribution >= 4 is 46.2 Å². The number of imide groups is 1. The number of carbonyl (C=O) groups excluding carboxylic acids is 3. The summed E-state index contributed by atoms with van der Waals surface area (Å²) in [5.41, 5.74) is 1.92. The van der Waals surface area contributed by atoms with E-state index in [-0.39, 0.29) is 41.3 Å². The zero-order valence-corrected chi connectivity index (χ0v) is 34.4. The lowest BCUT2D eigenvalue weighted by Crippen LogP contribution is -2.51. The summed E-state index contributed by atoms with van der Waals surface area (Å²) in [4.78, 5) is 48.4. The molecule has 1 saturated carbocycles. The highest BCUT2D eigenvalue weighted by Crippen LogP contribution is 2.37. The standard InChI is InChI=1S/C43H52F3N11O5/c44-33-21-53(13-11-36(33)62-23-26-18-54(19-26)28-7-3-27(4-8-28)48-34-9-10-38(58)51-43(34)60)17-25-1-5-29(6-2-25)57-22-35(39(52-57)40(45)46)49-42(59)32-16-47-56-14-12-37(50-41(32)56)55-20-31-15-30(55)24-61-31/h3-4,7-8,12,14,16,22,25-26,29-31,33-34,36,40,48H,1-2,5-6,9-11,13,15,17-21,23-24H2,(H,49,59)(H,51,58,60)/t25?,29?,30-,31-,33+,34?,36-/m1/s1. The first-order chi connectivity index (χ1) is 30.1. The van der Waals surface area contributed by atoms with Gasteiger partial charge < -0.3 is 29.9 Å². The molecule has 3 N–H and O–H groups in total. The molecular weight excluding hydrogens is 808 g/mol. The van der Waals surface area contributed by atoms with Crippen molar-refractivity contribution in [3.05, 3.63) is 60.2 Å². The van der Waals surface area contributed by atoms with E-state index in [0.717, 1.165) is 82.0 Å². The van der Waals surface area contributed by atoms with Gasteiger partial charge in [0.1, 0.15) is 23.6 Å². The quantitative estimate of drug-likeness (QED) is 0.161. The van der Waals surface area contributed by atoms with Gasteiger partial charge in [0.25, 0.3) is 12.3 Å². The summed E-state index contributed by atoms with van der Waals surface area (Å²) in [6.45, 7) is 5.42. The number of aromatic nitrogens is 5. The lowest BCUT2D eigenvalue weighted by Gasteiger charge is -2.42. The number of alkyl halides is 3. The van der Waals surface area contributed by atoms with Crippen LogP contribution in [0.2, 0.25) is 0 Å². The molecule has 0 radical (unpaired) electrons. The number of piperidine rings is 2. The molecule has 3 amide bonds. The first-order valence-corrected chi connectivity index (χ1v) is 21.9. The Kier molecular flexibility index (Phi) is 11.3. The third kappa shape index (κ3) is 8.45. The van der Waals surface area contributed by atoms with E-state index in [1.807, 2.05) is 30.3 Å². The molecular formula is C43H52F3N11O5. The number of carbonyl (C=O) groups is 3. The molecule has 10 rings (SSSR count). The number of nitrogens with one attached hydrogen (secondary N) is 3. The largest absolute Gasteiger partial charge is 0.375 e. The van der Waals surface area contributed by atoms with Crippen LogP contribution in [0.15, 0.2) is 48.9 Å². The van der Waals surface area contributed by atoms with E-state index in [4.69, 9.17) is 14.5 Å². The minimum Gasteiger partial charge on any atom is -0.375 e. The average Bonchev–Trinajstić information content (AvgIpc) is 4.07. The number of fused-ring (bicyclic) bond motifs is 3. The molecule has 330 valence electrons. The van der Waals surface area contributed by atoms with E-state index in [9.17, 15) is 23.2 Å². The highest BCUT2D eigenvalue weighted by atomic mass is 19.3. The van der Waals surface area contributed by atoms with Gasteiger partial charge in [0.05, 0.1) is 49.4 Å². The van der Waals surface area contributed by atoms with Gasteiger partial charge in [-0.25, -0.2) is 22.7 Å². The number of halogens is 3. The maximum absolute atomic E-state index is 15.4. The van der Waals surface area contributed by atoms with Crippen molar-refractivity contribution in [2.24, 2.45) is 11.8 Å². The van der Waals surface area contributed by atoms with E-state index in [0.29, 0.717) is 56.5 Å². The van der Waals surface area contributed by atoms with Gasteiger partial charge in [0, 0.05) is 75.4 Å². The Labute approximate surface area is 356 Å². The summed E-state index contributed by atoms with van der Waals surface area (Å²) in [6, 6.07) is 9.47. The summed E-state index contributed by atoms with van der Waals surface area (Å²) in [5.74, 6) is 0.287. The Morgan fingerprint density at radius 1 is 0.984 bits per heavy atom. The van der Waals surface area contributed by atoms with E-state index in [1.165, 1.54) is 16.9 Å². The van der Waals surface area contributed by atoms with Crippen LogP contribution in [0.5, 0.6) is 0 Å². The third-order valence-electron chi connectivity index (χ3n) is 13.6. The Balaban J connectivity index is 0.659. The molecule has 4 aromatic rings. The summed E-state index contributed by atoms with van der Waals surface area (Å²) >= 11 is 0. The molecule has 16 nitrogen and oxygen atoms in total. The second kappa shape index (κ2) is 17.1. The number of morpholine rings is 1. The zero-order chi connectivity index (χ0) is 42.5. The molecule has 3 aromatic heterocycles. The van der Waals surface area contributed by atoms with Crippen LogP contribution >= 0.6 is 0 Å². The highest BCUT2D eigenvalue weighted by molar-refractivity contribution is 6.08. The van der Waals surface area contributed by atoms with Gasteiger partial charge in [0.2, 0.25) is 11.8 Å². The molecule has 1 aromatic carbocycles. The first kappa shape index (κ1) is 40.8. The van der Waals surface area contributed by atoms with Crippen molar-refractivity contribution in [3.8, 4) is 0 Å². The Morgan fingerprint density at radius 3 is 2.53 bits per heavy atom. The Morgan fingerprint density at radius 2 is 1.81 bits per heavy atom. The number of amides is 3. The molecule has 5 aliphatic heterocycles. The van der Waals surface area contributed by atoms with E-state index in [2.05, 4.69) is 40.8 Å². The van der Waals surface area contributed by atoms with Crippen LogP contribution in [0.4, 0.5) is 36.1 Å². The van der Waals surface area contributed by atoms with Gasteiger partial charge in [-0.15, -0.1) is 0 Å². The van der Waals surface area contributed by atoms with Crippen LogP contribution < -0.4 is 25.8 Å². The lowest BCUT2D eigenvalue weighted by molar-refractivity contribution is -0.133. The SMILES string of the molecule is O=C1CCC(Nc2ccc(N3CC(CO[C@@H]4CCN(CC5CCC(n6cc(NC(=O)c7cnn8ccc(N9C[C@H]%10C[C@@H]9CO%10)nc78)c(C(F)F)n6)CC5)C[C@@H]4F)C3)cc2)C(=O)N1. The average molecular weight is 860 g/mol. The minimum absolute atomic E-state index is 0.0294. The maximum atomic E-state index is 15.4. The van der Waals surface area contributed by atoms with Crippen molar-refractivity contribution in [2.45, 2.75) is 94.3 Å².